The average Bonchev–Trinajstić information content (AvgIpc) is 3.31. The molecule has 30 heavy (non-hydrogen) atoms. The van der Waals surface area contributed by atoms with Crippen LogP contribution in [-0.4, -0.2) is 36.4 Å². The van der Waals surface area contributed by atoms with Crippen LogP contribution in [0.2, 0.25) is 0 Å². The van der Waals surface area contributed by atoms with Crippen LogP contribution in [0.1, 0.15) is 5.56 Å². The lowest BCUT2D eigenvalue weighted by atomic mass is 10.2. The Kier molecular flexibility index (Phi) is 4.02. The lowest BCUT2D eigenvalue weighted by Gasteiger charge is -2.11. The summed E-state index contributed by atoms with van der Waals surface area (Å²) in [7, 11) is 3.50. The molecule has 0 fully saturated rings. The van der Waals surface area contributed by atoms with Gasteiger partial charge in [0, 0.05) is 13.1 Å². The molecular weight excluding hydrogens is 382 g/mol. The van der Waals surface area contributed by atoms with Gasteiger partial charge < -0.3 is 19.8 Å². The number of nitrogens with zero attached hydrogens (tertiary/aromatic N) is 6. The first-order valence-corrected chi connectivity index (χ1v) is 9.28. The third-order valence-corrected chi connectivity index (χ3v) is 4.98. The van der Waals surface area contributed by atoms with Crippen LogP contribution in [0.15, 0.2) is 49.1 Å². The van der Waals surface area contributed by atoms with Gasteiger partial charge in [-0.2, -0.15) is 0 Å². The van der Waals surface area contributed by atoms with E-state index in [2.05, 4.69) is 20.1 Å². The summed E-state index contributed by atoms with van der Waals surface area (Å²) in [6.07, 6.45) is 3.20. The molecule has 0 aliphatic carbocycles. The largest absolute Gasteiger partial charge is 0.479 e. The van der Waals surface area contributed by atoms with Crippen molar-refractivity contribution in [1.29, 1.82) is 0 Å². The van der Waals surface area contributed by atoms with Crippen molar-refractivity contribution in [1.82, 2.24) is 29.3 Å². The number of anilines is 1. The molecule has 0 aliphatic rings. The molecule has 2 aromatic carbocycles. The first-order chi connectivity index (χ1) is 14.5. The summed E-state index contributed by atoms with van der Waals surface area (Å²) in [6, 6.07) is 11.6. The number of aryl methyl sites for hydroxylation is 2. The van der Waals surface area contributed by atoms with E-state index in [1.165, 1.54) is 6.33 Å². The van der Waals surface area contributed by atoms with Crippen LogP contribution in [0.4, 0.5) is 5.82 Å². The predicted molar refractivity (Wildman–Crippen MR) is 113 cm³/mol. The average molecular weight is 401 g/mol. The van der Waals surface area contributed by atoms with Gasteiger partial charge in [0.25, 0.3) is 0 Å². The molecule has 3 heterocycles. The van der Waals surface area contributed by atoms with E-state index in [4.69, 9.17) is 15.2 Å². The second kappa shape index (κ2) is 6.73. The maximum atomic E-state index is 6.10. The Bertz CT molecular complexity index is 1400. The number of imidazole rings is 1. The third kappa shape index (κ3) is 2.79. The molecule has 5 aromatic rings. The number of hydrogen-bond donors (Lipinski definition) is 1. The molecule has 0 spiro atoms. The predicted octanol–water partition coefficient (Wildman–Crippen LogP) is 3.39. The molecule has 3 aromatic heterocycles. The van der Waals surface area contributed by atoms with Crippen LogP contribution in [0.5, 0.6) is 17.4 Å². The minimum absolute atomic E-state index is 0.324. The molecule has 0 radical (unpaired) electrons. The maximum Gasteiger partial charge on any atom is 0.246 e. The Morgan fingerprint density at radius 2 is 1.90 bits per heavy atom. The van der Waals surface area contributed by atoms with Crippen LogP contribution in [0.25, 0.3) is 27.8 Å². The van der Waals surface area contributed by atoms with Crippen molar-refractivity contribution < 1.29 is 9.47 Å². The topological polar surface area (TPSA) is 106 Å². The number of rotatable bonds is 4. The van der Waals surface area contributed by atoms with Crippen LogP contribution >= 0.6 is 0 Å². The second-order valence-electron chi connectivity index (χ2n) is 6.94. The van der Waals surface area contributed by atoms with Crippen molar-refractivity contribution in [3.8, 4) is 23.1 Å². The molecule has 0 saturated carbocycles. The first kappa shape index (κ1) is 17.9. The van der Waals surface area contributed by atoms with Gasteiger partial charge in [0.15, 0.2) is 5.65 Å². The lowest BCUT2D eigenvalue weighted by molar-refractivity contribution is 0.398. The smallest absolute Gasteiger partial charge is 0.246 e. The molecule has 150 valence electrons. The van der Waals surface area contributed by atoms with E-state index in [0.717, 1.165) is 33.8 Å². The van der Waals surface area contributed by atoms with E-state index >= 15 is 0 Å². The Labute approximate surface area is 171 Å². The minimum atomic E-state index is 0.324. The highest BCUT2D eigenvalue weighted by Gasteiger charge is 2.17. The summed E-state index contributed by atoms with van der Waals surface area (Å²) in [6.45, 7) is 1.98. The molecule has 0 bridgehead atoms. The summed E-state index contributed by atoms with van der Waals surface area (Å²) in [5.41, 5.74) is 10.3. The zero-order valence-corrected chi connectivity index (χ0v) is 16.7. The van der Waals surface area contributed by atoms with E-state index in [0.29, 0.717) is 22.7 Å². The Morgan fingerprint density at radius 1 is 1.03 bits per heavy atom. The van der Waals surface area contributed by atoms with Crippen molar-refractivity contribution in [3.05, 3.63) is 54.6 Å². The van der Waals surface area contributed by atoms with Crippen LogP contribution in [-0.2, 0) is 7.05 Å². The third-order valence-electron chi connectivity index (χ3n) is 4.98. The number of nitrogen functional groups attached to an aromatic ring is 1. The summed E-state index contributed by atoms with van der Waals surface area (Å²) < 4.78 is 15.1. The molecule has 0 aliphatic heterocycles. The van der Waals surface area contributed by atoms with Crippen molar-refractivity contribution >= 4 is 27.9 Å². The lowest BCUT2D eigenvalue weighted by Crippen LogP contribution is -2.00. The molecule has 2 N–H and O–H groups in total. The van der Waals surface area contributed by atoms with Gasteiger partial charge in [-0.1, -0.05) is 0 Å². The van der Waals surface area contributed by atoms with Gasteiger partial charge in [-0.05, 0) is 42.8 Å². The van der Waals surface area contributed by atoms with E-state index in [9.17, 15) is 0 Å². The molecule has 5 rings (SSSR count). The standard InChI is InChI=1S/C21H19N7O2/c1-12-8-13(28-20-18(21(26-28)29-3)19(22)23-10-24-20)4-7-17(12)30-14-5-6-16-15(9-14)25-11-27(16)2/h4-11H,1-3H3,(H2,22,23,24). The second-order valence-corrected chi connectivity index (χ2v) is 6.94. The summed E-state index contributed by atoms with van der Waals surface area (Å²) in [5, 5.41) is 5.08. The highest BCUT2D eigenvalue weighted by molar-refractivity contribution is 5.91. The highest BCUT2D eigenvalue weighted by atomic mass is 16.5. The fourth-order valence-corrected chi connectivity index (χ4v) is 3.45. The van der Waals surface area contributed by atoms with Gasteiger partial charge in [-0.3, -0.25) is 0 Å². The van der Waals surface area contributed by atoms with Gasteiger partial charge in [-0.25, -0.2) is 19.6 Å². The van der Waals surface area contributed by atoms with Gasteiger partial charge in [0.1, 0.15) is 29.0 Å². The van der Waals surface area contributed by atoms with Crippen molar-refractivity contribution in [2.24, 2.45) is 7.05 Å². The number of ether oxygens (including phenoxy) is 2. The quantitative estimate of drug-likeness (QED) is 0.492. The van der Waals surface area contributed by atoms with E-state index < -0.39 is 0 Å². The van der Waals surface area contributed by atoms with Gasteiger partial charge in [-0.15, -0.1) is 5.10 Å². The Morgan fingerprint density at radius 3 is 2.70 bits per heavy atom. The van der Waals surface area contributed by atoms with Gasteiger partial charge >= 0.3 is 0 Å². The number of hydrogen-bond acceptors (Lipinski definition) is 7. The first-order valence-electron chi connectivity index (χ1n) is 9.28. The van der Waals surface area contributed by atoms with E-state index in [1.807, 2.05) is 54.9 Å². The van der Waals surface area contributed by atoms with Gasteiger partial charge in [0.05, 0.1) is 30.2 Å². The normalized spacial score (nSPS) is 11.3. The van der Waals surface area contributed by atoms with Crippen LogP contribution in [0.3, 0.4) is 0 Å². The minimum Gasteiger partial charge on any atom is -0.479 e. The SMILES string of the molecule is COc1nn(-c2ccc(Oc3ccc4c(c3)ncn4C)c(C)c2)c2ncnc(N)c12. The summed E-state index contributed by atoms with van der Waals surface area (Å²) >= 11 is 0. The maximum absolute atomic E-state index is 6.10. The number of methoxy groups -OCH3 is 1. The van der Waals surface area contributed by atoms with Crippen molar-refractivity contribution in [3.63, 3.8) is 0 Å². The monoisotopic (exact) mass is 401 g/mol. The zero-order valence-electron chi connectivity index (χ0n) is 16.7. The van der Waals surface area contributed by atoms with Crippen LogP contribution < -0.4 is 15.2 Å². The van der Waals surface area contributed by atoms with Gasteiger partial charge in [0.2, 0.25) is 5.88 Å². The number of nitrogens with two attached hydrogens (primary N) is 1. The summed E-state index contributed by atoms with van der Waals surface area (Å²) in [4.78, 5) is 12.7. The molecule has 0 saturated heterocycles. The van der Waals surface area contributed by atoms with Crippen molar-refractivity contribution in [2.45, 2.75) is 6.92 Å². The Hall–Kier alpha value is -4.14. The highest BCUT2D eigenvalue weighted by Crippen LogP contribution is 2.32. The molecule has 0 unspecified atom stereocenters. The summed E-state index contributed by atoms with van der Waals surface area (Å²) in [5.74, 6) is 2.17. The van der Waals surface area contributed by atoms with E-state index in [1.54, 1.807) is 18.1 Å². The molecule has 0 atom stereocenters. The molecular formula is C21H19N7O2. The fourth-order valence-electron chi connectivity index (χ4n) is 3.45. The van der Waals surface area contributed by atoms with Crippen molar-refractivity contribution in [2.75, 3.05) is 12.8 Å². The van der Waals surface area contributed by atoms with E-state index in [-0.39, 0.29) is 0 Å². The number of fused-ring (bicyclic) bond motifs is 2. The number of benzene rings is 2. The number of aromatic nitrogens is 6. The molecule has 0 amide bonds. The zero-order chi connectivity index (χ0) is 20.8. The molecule has 9 nitrogen and oxygen atoms in total. The Balaban J connectivity index is 1.52. The van der Waals surface area contributed by atoms with Crippen LogP contribution in [0, 0.1) is 6.92 Å². The molecule has 9 heteroatoms. The fraction of sp³-hybridized carbons (Fsp3) is 0.143.